The fraction of sp³-hybridized carbons (Fsp3) is 0.316. The second kappa shape index (κ2) is 8.40. The van der Waals surface area contributed by atoms with Crippen LogP contribution < -0.4 is 10.3 Å². The molecular formula is C19H17ClF2N2O4. The minimum Gasteiger partial charge on any atom is -0.459 e. The zero-order chi connectivity index (χ0) is 21.1. The van der Waals surface area contributed by atoms with Crippen LogP contribution in [0.2, 0.25) is 5.02 Å². The summed E-state index contributed by atoms with van der Waals surface area (Å²) in [7, 11) is 0. The van der Waals surface area contributed by atoms with E-state index in [1.54, 1.807) is 20.8 Å². The lowest BCUT2D eigenvalue weighted by Crippen LogP contribution is -2.30. The quantitative estimate of drug-likeness (QED) is 0.696. The zero-order valence-electron chi connectivity index (χ0n) is 15.3. The Labute approximate surface area is 164 Å². The van der Waals surface area contributed by atoms with Crippen molar-refractivity contribution in [3.8, 4) is 22.9 Å². The van der Waals surface area contributed by atoms with E-state index in [4.69, 9.17) is 16.3 Å². The van der Waals surface area contributed by atoms with Crippen LogP contribution in [0.25, 0.3) is 11.1 Å². The van der Waals surface area contributed by atoms with Gasteiger partial charge in [-0.05, 0) is 39.0 Å². The lowest BCUT2D eigenvalue weighted by atomic mass is 10.0. The molecule has 0 unspecified atom stereocenters. The third-order valence-corrected chi connectivity index (χ3v) is 3.65. The van der Waals surface area contributed by atoms with Gasteiger partial charge in [-0.1, -0.05) is 11.6 Å². The zero-order valence-corrected chi connectivity index (χ0v) is 16.1. The van der Waals surface area contributed by atoms with Gasteiger partial charge in [0.2, 0.25) is 0 Å². The molecule has 0 saturated carbocycles. The summed E-state index contributed by atoms with van der Waals surface area (Å²) in [5.74, 6) is -1.09. The standard InChI is InChI=1S/C19H17ClF2N2O4/c1-19(2,3)28-17(26)10-24-9-15(27-18(21)22)14(7-16(24)25)13-6-12(20)5-4-11(13)8-23/h4-7,9,18H,10H2,1-3H3. The number of esters is 1. The van der Waals surface area contributed by atoms with Gasteiger partial charge >= 0.3 is 12.6 Å². The van der Waals surface area contributed by atoms with Gasteiger partial charge in [0.1, 0.15) is 17.9 Å². The molecule has 0 fully saturated rings. The molecule has 6 nitrogen and oxygen atoms in total. The summed E-state index contributed by atoms with van der Waals surface area (Å²) in [4.78, 5) is 24.4. The molecule has 9 heteroatoms. The highest BCUT2D eigenvalue weighted by Crippen LogP contribution is 2.33. The Kier molecular flexibility index (Phi) is 6.41. The Bertz CT molecular complexity index is 991. The molecule has 0 spiro atoms. The van der Waals surface area contributed by atoms with Crippen molar-refractivity contribution in [2.45, 2.75) is 39.5 Å². The molecule has 0 amide bonds. The average Bonchev–Trinajstić information content (AvgIpc) is 2.55. The van der Waals surface area contributed by atoms with Crippen molar-refractivity contribution in [2.75, 3.05) is 0 Å². The van der Waals surface area contributed by atoms with Crippen molar-refractivity contribution in [1.29, 1.82) is 5.26 Å². The molecule has 1 aromatic carbocycles. The summed E-state index contributed by atoms with van der Waals surface area (Å²) in [5.41, 5.74) is -1.19. The van der Waals surface area contributed by atoms with Crippen LogP contribution in [0.5, 0.6) is 5.75 Å². The summed E-state index contributed by atoms with van der Waals surface area (Å²) in [6.07, 6.45) is 0.982. The van der Waals surface area contributed by atoms with Gasteiger partial charge in [-0.15, -0.1) is 0 Å². The highest BCUT2D eigenvalue weighted by molar-refractivity contribution is 6.31. The Morgan fingerprint density at radius 1 is 1.29 bits per heavy atom. The minimum atomic E-state index is -3.18. The highest BCUT2D eigenvalue weighted by atomic mass is 35.5. The Balaban J connectivity index is 2.56. The average molecular weight is 411 g/mol. The first-order valence-corrected chi connectivity index (χ1v) is 8.49. The van der Waals surface area contributed by atoms with E-state index < -0.39 is 30.3 Å². The molecule has 0 radical (unpaired) electrons. The van der Waals surface area contributed by atoms with Crippen LogP contribution in [0.3, 0.4) is 0 Å². The van der Waals surface area contributed by atoms with Crippen molar-refractivity contribution in [1.82, 2.24) is 4.57 Å². The van der Waals surface area contributed by atoms with E-state index in [1.807, 2.05) is 6.07 Å². The van der Waals surface area contributed by atoms with Gasteiger partial charge < -0.3 is 14.0 Å². The van der Waals surface area contributed by atoms with Gasteiger partial charge in [0.25, 0.3) is 5.56 Å². The van der Waals surface area contributed by atoms with Crippen molar-refractivity contribution in [2.24, 2.45) is 0 Å². The van der Waals surface area contributed by atoms with E-state index in [2.05, 4.69) is 4.74 Å². The normalized spacial score (nSPS) is 11.2. The molecule has 28 heavy (non-hydrogen) atoms. The van der Waals surface area contributed by atoms with E-state index in [9.17, 15) is 23.6 Å². The van der Waals surface area contributed by atoms with Gasteiger partial charge in [-0.25, -0.2) is 0 Å². The SMILES string of the molecule is CC(C)(C)OC(=O)Cn1cc(OC(F)F)c(-c2cc(Cl)ccc2C#N)cc1=O. The summed E-state index contributed by atoms with van der Waals surface area (Å²) < 4.78 is 36.4. The lowest BCUT2D eigenvalue weighted by Gasteiger charge is -2.20. The van der Waals surface area contributed by atoms with Crippen LogP contribution in [0, 0.1) is 11.3 Å². The number of ether oxygens (including phenoxy) is 2. The third-order valence-electron chi connectivity index (χ3n) is 3.42. The number of halogens is 3. The van der Waals surface area contributed by atoms with Crippen LogP contribution in [0.1, 0.15) is 26.3 Å². The number of alkyl halides is 2. The molecule has 2 rings (SSSR count). The maximum Gasteiger partial charge on any atom is 0.387 e. The number of carbonyl (C=O) groups is 1. The molecular weight excluding hydrogens is 394 g/mol. The van der Waals surface area contributed by atoms with Gasteiger partial charge in [0.05, 0.1) is 17.8 Å². The molecule has 0 saturated heterocycles. The van der Waals surface area contributed by atoms with E-state index in [1.165, 1.54) is 18.2 Å². The van der Waals surface area contributed by atoms with Crippen LogP contribution >= 0.6 is 11.6 Å². The minimum absolute atomic E-state index is 0.0372. The number of carbonyl (C=O) groups excluding carboxylic acids is 1. The maximum atomic E-state index is 12.9. The van der Waals surface area contributed by atoms with E-state index >= 15 is 0 Å². The third kappa shape index (κ3) is 5.54. The molecule has 0 aliphatic heterocycles. The summed E-state index contributed by atoms with van der Waals surface area (Å²) in [5, 5.41) is 9.51. The number of nitriles is 1. The second-order valence-electron chi connectivity index (χ2n) is 6.78. The number of benzene rings is 1. The topological polar surface area (TPSA) is 81.3 Å². The van der Waals surface area contributed by atoms with E-state index in [0.717, 1.165) is 16.8 Å². The smallest absolute Gasteiger partial charge is 0.387 e. The predicted octanol–water partition coefficient (Wildman–Crippen LogP) is 3.98. The van der Waals surface area contributed by atoms with Gasteiger partial charge in [0, 0.05) is 22.2 Å². The van der Waals surface area contributed by atoms with Gasteiger partial charge in [0.15, 0.2) is 0 Å². The Morgan fingerprint density at radius 2 is 1.96 bits per heavy atom. The van der Waals surface area contributed by atoms with Crippen molar-refractivity contribution >= 4 is 17.6 Å². The number of hydrogen-bond acceptors (Lipinski definition) is 5. The van der Waals surface area contributed by atoms with Crippen molar-refractivity contribution in [3.05, 3.63) is 51.4 Å². The lowest BCUT2D eigenvalue weighted by molar-refractivity contribution is -0.155. The number of hydrogen-bond donors (Lipinski definition) is 0. The monoisotopic (exact) mass is 410 g/mol. The molecule has 148 valence electrons. The molecule has 0 aliphatic rings. The summed E-state index contributed by atoms with van der Waals surface area (Å²) >= 11 is 5.94. The molecule has 1 heterocycles. The van der Waals surface area contributed by atoms with Gasteiger partial charge in [-0.2, -0.15) is 14.0 Å². The molecule has 0 bridgehead atoms. The summed E-state index contributed by atoms with van der Waals surface area (Å²) in [6.45, 7) is 1.30. The van der Waals surface area contributed by atoms with E-state index in [0.29, 0.717) is 0 Å². The second-order valence-corrected chi connectivity index (χ2v) is 7.22. The predicted molar refractivity (Wildman–Crippen MR) is 98.3 cm³/mol. The largest absolute Gasteiger partial charge is 0.459 e. The van der Waals surface area contributed by atoms with Crippen LogP contribution in [0.4, 0.5) is 8.78 Å². The number of pyridine rings is 1. The van der Waals surface area contributed by atoms with Crippen molar-refractivity contribution < 1.29 is 23.0 Å². The fourth-order valence-corrected chi connectivity index (χ4v) is 2.60. The van der Waals surface area contributed by atoms with Crippen LogP contribution in [-0.4, -0.2) is 22.7 Å². The Hall–Kier alpha value is -2.92. The highest BCUT2D eigenvalue weighted by Gasteiger charge is 2.20. The van der Waals surface area contributed by atoms with Gasteiger partial charge in [-0.3, -0.25) is 9.59 Å². The molecule has 2 aromatic rings. The summed E-state index contributed by atoms with van der Waals surface area (Å²) in [6, 6.07) is 7.14. The van der Waals surface area contributed by atoms with Crippen LogP contribution in [-0.2, 0) is 16.1 Å². The first-order chi connectivity index (χ1) is 13.0. The molecule has 0 atom stereocenters. The number of rotatable bonds is 5. The van der Waals surface area contributed by atoms with E-state index in [-0.39, 0.29) is 27.5 Å². The fourth-order valence-electron chi connectivity index (χ4n) is 2.43. The molecule has 0 N–H and O–H groups in total. The van der Waals surface area contributed by atoms with Crippen molar-refractivity contribution in [3.63, 3.8) is 0 Å². The maximum absolute atomic E-state index is 12.9. The molecule has 1 aromatic heterocycles. The first-order valence-electron chi connectivity index (χ1n) is 8.11. The van der Waals surface area contributed by atoms with Crippen LogP contribution in [0.15, 0.2) is 35.3 Å². The molecule has 0 aliphatic carbocycles. The Morgan fingerprint density at radius 3 is 2.54 bits per heavy atom. The first kappa shape index (κ1) is 21.4. The number of aromatic nitrogens is 1. The number of nitrogens with zero attached hydrogens (tertiary/aromatic N) is 2.